The highest BCUT2D eigenvalue weighted by molar-refractivity contribution is 5.78. The fourth-order valence-corrected chi connectivity index (χ4v) is 3.36. The molecule has 2 atom stereocenters. The number of nitrogens with two attached hydrogens (primary N) is 1. The normalized spacial score (nSPS) is 17.4. The van der Waals surface area contributed by atoms with Crippen LogP contribution in [0.15, 0.2) is 36.9 Å². The van der Waals surface area contributed by atoms with Crippen molar-refractivity contribution < 1.29 is 14.3 Å². The molecule has 0 aromatic heterocycles. The van der Waals surface area contributed by atoms with Gasteiger partial charge in [0.25, 0.3) is 0 Å². The van der Waals surface area contributed by atoms with Crippen molar-refractivity contribution in [1.82, 2.24) is 4.90 Å². The number of hydrogen-bond donors (Lipinski definition) is 1. The van der Waals surface area contributed by atoms with Gasteiger partial charge in [-0.05, 0) is 24.1 Å². The van der Waals surface area contributed by atoms with E-state index in [0.717, 1.165) is 63.4 Å². The van der Waals surface area contributed by atoms with Crippen molar-refractivity contribution in [2.75, 3.05) is 39.5 Å². The second-order valence-electron chi connectivity index (χ2n) is 6.78. The van der Waals surface area contributed by atoms with Gasteiger partial charge in [0.15, 0.2) is 0 Å². The average molecular weight is 360 g/mol. The molecule has 2 rings (SSSR count). The van der Waals surface area contributed by atoms with E-state index in [4.69, 9.17) is 15.2 Å². The van der Waals surface area contributed by atoms with Gasteiger partial charge in [-0.25, -0.2) is 0 Å². The lowest BCUT2D eigenvalue weighted by Crippen LogP contribution is -2.38. The van der Waals surface area contributed by atoms with Gasteiger partial charge in [-0.15, -0.1) is 6.58 Å². The molecule has 1 heterocycles. The molecule has 1 saturated heterocycles. The Balaban J connectivity index is 1.90. The van der Waals surface area contributed by atoms with Gasteiger partial charge < -0.3 is 15.2 Å². The summed E-state index contributed by atoms with van der Waals surface area (Å²) in [7, 11) is 0. The smallest absolute Gasteiger partial charge is 0.221 e. The van der Waals surface area contributed by atoms with E-state index in [-0.39, 0.29) is 17.7 Å². The highest BCUT2D eigenvalue weighted by Crippen LogP contribution is 2.30. The number of nitrogens with zero attached hydrogens (tertiary/aromatic N) is 1. The van der Waals surface area contributed by atoms with Gasteiger partial charge in [-0.1, -0.05) is 38.0 Å². The van der Waals surface area contributed by atoms with Gasteiger partial charge in [-0.3, -0.25) is 9.69 Å². The van der Waals surface area contributed by atoms with E-state index in [1.807, 2.05) is 30.3 Å². The number of amides is 1. The Morgan fingerprint density at radius 2 is 2.04 bits per heavy atom. The number of unbranched alkanes of at least 4 members (excludes halogenated alkanes) is 1. The molecule has 0 radical (unpaired) electrons. The maximum absolute atomic E-state index is 11.9. The largest absolute Gasteiger partial charge is 0.492 e. The average Bonchev–Trinajstić information content (AvgIpc) is 2.66. The number of primary amides is 1. The van der Waals surface area contributed by atoms with E-state index in [2.05, 4.69) is 18.4 Å². The zero-order chi connectivity index (χ0) is 18.8. The lowest BCUT2D eigenvalue weighted by Gasteiger charge is -2.26. The molecule has 1 aliphatic rings. The predicted molar refractivity (Wildman–Crippen MR) is 104 cm³/mol. The molecule has 0 saturated carbocycles. The Bertz CT molecular complexity index is 553. The number of morpholine rings is 1. The number of allylic oxidation sites excluding steroid dienone is 1. The van der Waals surface area contributed by atoms with Crippen molar-refractivity contribution in [3.8, 4) is 5.75 Å². The fourth-order valence-electron chi connectivity index (χ4n) is 3.36. The van der Waals surface area contributed by atoms with Crippen LogP contribution in [-0.2, 0) is 9.53 Å². The zero-order valence-electron chi connectivity index (χ0n) is 15.9. The second-order valence-corrected chi connectivity index (χ2v) is 6.78. The van der Waals surface area contributed by atoms with Gasteiger partial charge in [0, 0.05) is 31.5 Å². The van der Waals surface area contributed by atoms with Crippen LogP contribution in [0.5, 0.6) is 5.75 Å². The first-order valence-corrected chi connectivity index (χ1v) is 9.60. The highest BCUT2D eigenvalue weighted by Gasteiger charge is 2.25. The van der Waals surface area contributed by atoms with Crippen LogP contribution in [0.3, 0.4) is 0 Å². The van der Waals surface area contributed by atoms with Crippen LogP contribution in [0, 0.1) is 5.92 Å². The Labute approximate surface area is 157 Å². The fraction of sp³-hybridized carbons (Fsp3) is 0.571. The van der Waals surface area contributed by atoms with Crippen molar-refractivity contribution >= 4 is 5.91 Å². The lowest BCUT2D eigenvalue weighted by atomic mass is 9.82. The first-order valence-electron chi connectivity index (χ1n) is 9.60. The molecule has 0 spiro atoms. The summed E-state index contributed by atoms with van der Waals surface area (Å²) < 4.78 is 11.2. The van der Waals surface area contributed by atoms with E-state index >= 15 is 0 Å². The van der Waals surface area contributed by atoms with Crippen LogP contribution < -0.4 is 10.5 Å². The van der Waals surface area contributed by atoms with E-state index in [9.17, 15) is 4.79 Å². The van der Waals surface area contributed by atoms with Crippen LogP contribution in [0.2, 0.25) is 0 Å². The summed E-state index contributed by atoms with van der Waals surface area (Å²) in [6.07, 6.45) is 4.66. The summed E-state index contributed by atoms with van der Waals surface area (Å²) in [5, 5.41) is 0. The van der Waals surface area contributed by atoms with Crippen LogP contribution in [0.25, 0.3) is 0 Å². The van der Waals surface area contributed by atoms with Crippen LogP contribution in [0.4, 0.5) is 0 Å². The molecule has 2 unspecified atom stereocenters. The summed E-state index contributed by atoms with van der Waals surface area (Å²) in [5.41, 5.74) is 6.69. The Morgan fingerprint density at radius 3 is 2.62 bits per heavy atom. The zero-order valence-corrected chi connectivity index (χ0v) is 15.9. The van der Waals surface area contributed by atoms with Gasteiger partial charge in [-0.2, -0.15) is 0 Å². The van der Waals surface area contributed by atoms with Crippen LogP contribution in [-0.4, -0.2) is 50.3 Å². The van der Waals surface area contributed by atoms with Gasteiger partial charge in [0.1, 0.15) is 12.4 Å². The van der Waals surface area contributed by atoms with Gasteiger partial charge in [0.2, 0.25) is 5.91 Å². The van der Waals surface area contributed by atoms with E-state index in [0.29, 0.717) is 6.61 Å². The first kappa shape index (κ1) is 20.5. The third-order valence-electron chi connectivity index (χ3n) is 4.97. The molecule has 0 aliphatic carbocycles. The maximum Gasteiger partial charge on any atom is 0.221 e. The van der Waals surface area contributed by atoms with Crippen molar-refractivity contribution in [1.29, 1.82) is 0 Å². The monoisotopic (exact) mass is 360 g/mol. The Hall–Kier alpha value is -1.85. The summed E-state index contributed by atoms with van der Waals surface area (Å²) in [5.74, 6) is 0.324. The molecule has 1 aliphatic heterocycles. The molecular formula is C21H32N2O3. The summed E-state index contributed by atoms with van der Waals surface area (Å²) in [4.78, 5) is 14.2. The maximum atomic E-state index is 11.9. The Kier molecular flexibility index (Phi) is 8.65. The number of rotatable bonds is 11. The minimum absolute atomic E-state index is 0.0542. The molecule has 1 amide bonds. The highest BCUT2D eigenvalue weighted by atomic mass is 16.5. The number of benzene rings is 1. The van der Waals surface area contributed by atoms with E-state index < -0.39 is 0 Å². The van der Waals surface area contributed by atoms with Crippen molar-refractivity contribution in [2.24, 2.45) is 11.7 Å². The molecule has 5 nitrogen and oxygen atoms in total. The molecular weight excluding hydrogens is 328 g/mol. The minimum atomic E-state index is -0.255. The predicted octanol–water partition coefficient (Wildman–Crippen LogP) is 2.96. The van der Waals surface area contributed by atoms with E-state index in [1.165, 1.54) is 0 Å². The molecule has 1 fully saturated rings. The van der Waals surface area contributed by atoms with Gasteiger partial charge in [0.05, 0.1) is 13.2 Å². The third-order valence-corrected chi connectivity index (χ3v) is 4.97. The molecule has 144 valence electrons. The standard InChI is InChI=1S/C21H32N2O3/c1-3-5-6-20(21(22)24)19(4-2)17-7-9-18(10-8-17)26-16-13-23-11-14-25-15-12-23/h4,7-10,19-20H,2-3,5-6,11-16H2,1H3,(H2,22,24). The summed E-state index contributed by atoms with van der Waals surface area (Å²) in [6.45, 7) is 11.1. The molecule has 1 aromatic carbocycles. The molecule has 1 aromatic rings. The quantitative estimate of drug-likeness (QED) is 0.616. The van der Waals surface area contributed by atoms with E-state index in [1.54, 1.807) is 0 Å². The lowest BCUT2D eigenvalue weighted by molar-refractivity contribution is -0.122. The SMILES string of the molecule is C=CC(c1ccc(OCCN2CCOCC2)cc1)C(CCCC)C(N)=O. The number of ether oxygens (including phenoxy) is 2. The second kappa shape index (κ2) is 11.0. The first-order chi connectivity index (χ1) is 12.7. The minimum Gasteiger partial charge on any atom is -0.492 e. The van der Waals surface area contributed by atoms with Crippen molar-refractivity contribution in [3.63, 3.8) is 0 Å². The van der Waals surface area contributed by atoms with Crippen molar-refractivity contribution in [3.05, 3.63) is 42.5 Å². The number of hydrogen-bond acceptors (Lipinski definition) is 4. The summed E-state index contributed by atoms with van der Waals surface area (Å²) in [6, 6.07) is 7.95. The topological polar surface area (TPSA) is 64.8 Å². The van der Waals surface area contributed by atoms with Gasteiger partial charge >= 0.3 is 0 Å². The number of carbonyl (C=O) groups excluding carboxylic acids is 1. The molecule has 5 heteroatoms. The summed E-state index contributed by atoms with van der Waals surface area (Å²) >= 11 is 0. The van der Waals surface area contributed by atoms with Crippen molar-refractivity contribution in [2.45, 2.75) is 32.1 Å². The molecule has 26 heavy (non-hydrogen) atoms. The third kappa shape index (κ3) is 6.15. The number of carbonyl (C=O) groups is 1. The van der Waals surface area contributed by atoms with Crippen LogP contribution >= 0.6 is 0 Å². The molecule has 2 N–H and O–H groups in total. The van der Waals surface area contributed by atoms with Crippen LogP contribution in [0.1, 0.15) is 37.7 Å². The molecule has 0 bridgehead atoms. The Morgan fingerprint density at radius 1 is 1.35 bits per heavy atom.